The highest BCUT2D eigenvalue weighted by atomic mass is 16.3. The van der Waals surface area contributed by atoms with Crippen LogP contribution in [-0.2, 0) is 4.79 Å². The van der Waals surface area contributed by atoms with E-state index in [2.05, 4.69) is 13.8 Å². The van der Waals surface area contributed by atoms with Gasteiger partial charge in [-0.25, -0.2) is 0 Å². The minimum atomic E-state index is -0.415. The first kappa shape index (κ1) is 15.2. The lowest BCUT2D eigenvalue weighted by Crippen LogP contribution is -2.53. The van der Waals surface area contributed by atoms with E-state index in [0.29, 0.717) is 11.7 Å². The first-order valence-electron chi connectivity index (χ1n) is 9.72. The number of ketones is 1. The van der Waals surface area contributed by atoms with Crippen LogP contribution < -0.4 is 0 Å². The molecular weight excluding hydrogens is 272 g/mol. The Morgan fingerprint density at radius 3 is 2.64 bits per heavy atom. The van der Waals surface area contributed by atoms with E-state index in [9.17, 15) is 9.90 Å². The Morgan fingerprint density at radius 2 is 1.86 bits per heavy atom. The van der Waals surface area contributed by atoms with E-state index in [1.54, 1.807) is 0 Å². The molecular formula is C20H32O2. The number of hydrogen-bond acceptors (Lipinski definition) is 2. The number of carbonyl (C=O) groups excluding carboxylic acids is 1. The third-order valence-electron chi connectivity index (χ3n) is 8.67. The molecule has 0 unspecified atom stereocenters. The van der Waals surface area contributed by atoms with Gasteiger partial charge < -0.3 is 5.11 Å². The molecule has 0 saturated heterocycles. The topological polar surface area (TPSA) is 37.3 Å². The van der Waals surface area contributed by atoms with Gasteiger partial charge in [-0.2, -0.15) is 0 Å². The van der Waals surface area contributed by atoms with Crippen LogP contribution in [0.1, 0.15) is 78.1 Å². The molecule has 0 aromatic heterocycles. The summed E-state index contributed by atoms with van der Waals surface area (Å²) >= 11 is 0. The summed E-state index contributed by atoms with van der Waals surface area (Å²) in [5, 5.41) is 11.2. The lowest BCUT2D eigenvalue weighted by atomic mass is 9.49. The van der Waals surface area contributed by atoms with Crippen molar-refractivity contribution in [3.05, 3.63) is 0 Å². The molecule has 2 heteroatoms. The number of Topliss-reactive ketones (excluding diaryl/α,β-unsaturated/α-hetero) is 1. The summed E-state index contributed by atoms with van der Waals surface area (Å²) < 4.78 is 0. The van der Waals surface area contributed by atoms with Gasteiger partial charge in [0.2, 0.25) is 0 Å². The van der Waals surface area contributed by atoms with Crippen molar-refractivity contribution in [3.8, 4) is 0 Å². The molecule has 0 heterocycles. The Hall–Kier alpha value is -0.370. The van der Waals surface area contributed by atoms with E-state index in [4.69, 9.17) is 0 Å². The molecule has 124 valence electrons. The number of carbonyl (C=O) groups is 1. The van der Waals surface area contributed by atoms with Crippen molar-refractivity contribution in [2.75, 3.05) is 0 Å². The van der Waals surface area contributed by atoms with Crippen LogP contribution in [0, 0.1) is 35.0 Å². The first-order chi connectivity index (χ1) is 10.5. The molecule has 0 spiro atoms. The average molecular weight is 304 g/mol. The van der Waals surface area contributed by atoms with E-state index in [1.165, 1.54) is 32.1 Å². The number of hydrogen-bond donors (Lipinski definition) is 1. The quantitative estimate of drug-likeness (QED) is 0.782. The van der Waals surface area contributed by atoms with Crippen molar-refractivity contribution in [3.63, 3.8) is 0 Å². The van der Waals surface area contributed by atoms with Gasteiger partial charge in [-0.1, -0.05) is 13.8 Å². The van der Waals surface area contributed by atoms with Crippen molar-refractivity contribution in [1.29, 1.82) is 0 Å². The molecule has 4 rings (SSSR count). The minimum absolute atomic E-state index is 0.153. The normalized spacial score (nSPS) is 54.5. The molecule has 4 saturated carbocycles. The van der Waals surface area contributed by atoms with Crippen LogP contribution >= 0.6 is 0 Å². The fraction of sp³-hybridized carbons (Fsp3) is 0.950. The fourth-order valence-corrected chi connectivity index (χ4v) is 7.35. The largest absolute Gasteiger partial charge is 0.389 e. The second-order valence-electron chi connectivity index (χ2n) is 9.10. The third kappa shape index (κ3) is 1.92. The molecule has 4 aliphatic rings. The summed E-state index contributed by atoms with van der Waals surface area (Å²) in [7, 11) is 0. The maximum Gasteiger partial charge on any atom is 0.133 e. The molecule has 1 N–H and O–H groups in total. The summed E-state index contributed by atoms with van der Waals surface area (Å²) in [6.07, 6.45) is 11.1. The molecule has 4 fully saturated rings. The standard InChI is InChI=1S/C20H32O2/c1-3-20(22)11-9-18-17-6-4-13-12-14(21)5-7-15(13)16(17)8-10-19(18,20)2/h13,15-18,22H,3-12H2,1-2H3/t13-,15-,16+,17+,18+,19-,20-/m0/s1. The zero-order valence-electron chi connectivity index (χ0n) is 14.3. The summed E-state index contributed by atoms with van der Waals surface area (Å²) in [6.45, 7) is 4.56. The smallest absolute Gasteiger partial charge is 0.133 e. The average Bonchev–Trinajstić information content (AvgIpc) is 2.79. The Morgan fingerprint density at radius 1 is 1.05 bits per heavy atom. The summed E-state index contributed by atoms with van der Waals surface area (Å²) in [5.41, 5.74) is -0.262. The van der Waals surface area contributed by atoms with Crippen LogP contribution in [0.3, 0.4) is 0 Å². The maximum atomic E-state index is 11.8. The SMILES string of the molecule is CC[C@]1(O)CC[C@@H]2[C@@H]3CC[C@H]4CC(=O)CC[C@@H]4[C@H]3CC[C@@]21C. The van der Waals surface area contributed by atoms with Crippen molar-refractivity contribution < 1.29 is 9.90 Å². The van der Waals surface area contributed by atoms with E-state index in [0.717, 1.165) is 55.8 Å². The molecule has 4 aliphatic carbocycles. The lowest BCUT2D eigenvalue weighted by Gasteiger charge is -2.57. The number of rotatable bonds is 1. The summed E-state index contributed by atoms with van der Waals surface area (Å²) in [5.74, 6) is 4.43. The van der Waals surface area contributed by atoms with Crippen LogP contribution in [0.25, 0.3) is 0 Å². The monoisotopic (exact) mass is 304 g/mol. The summed E-state index contributed by atoms with van der Waals surface area (Å²) in [4.78, 5) is 11.8. The molecule has 0 amide bonds. The maximum absolute atomic E-state index is 11.8. The molecule has 0 aliphatic heterocycles. The van der Waals surface area contributed by atoms with Crippen LogP contribution in [0.5, 0.6) is 0 Å². The Kier molecular flexibility index (Phi) is 3.49. The van der Waals surface area contributed by atoms with Crippen LogP contribution in [0.15, 0.2) is 0 Å². The highest BCUT2D eigenvalue weighted by Crippen LogP contribution is 2.65. The number of fused-ring (bicyclic) bond motifs is 5. The van der Waals surface area contributed by atoms with Crippen molar-refractivity contribution in [2.24, 2.45) is 35.0 Å². The van der Waals surface area contributed by atoms with Gasteiger partial charge in [0.1, 0.15) is 5.78 Å². The highest BCUT2D eigenvalue weighted by Gasteiger charge is 2.61. The van der Waals surface area contributed by atoms with Gasteiger partial charge in [-0.15, -0.1) is 0 Å². The zero-order chi connectivity index (χ0) is 15.5. The van der Waals surface area contributed by atoms with Crippen LogP contribution in [0.2, 0.25) is 0 Å². The van der Waals surface area contributed by atoms with Gasteiger partial charge in [-0.05, 0) is 86.4 Å². The first-order valence-corrected chi connectivity index (χ1v) is 9.72. The predicted molar refractivity (Wildman–Crippen MR) is 87.4 cm³/mol. The second-order valence-corrected chi connectivity index (χ2v) is 9.10. The Balaban J connectivity index is 1.59. The van der Waals surface area contributed by atoms with E-state index >= 15 is 0 Å². The highest BCUT2D eigenvalue weighted by molar-refractivity contribution is 5.79. The molecule has 2 nitrogen and oxygen atoms in total. The summed E-state index contributed by atoms with van der Waals surface area (Å²) in [6, 6.07) is 0. The predicted octanol–water partition coefficient (Wildman–Crippen LogP) is 4.35. The van der Waals surface area contributed by atoms with E-state index < -0.39 is 5.60 Å². The Bertz CT molecular complexity index is 472. The molecule has 0 radical (unpaired) electrons. The van der Waals surface area contributed by atoms with Gasteiger partial charge >= 0.3 is 0 Å². The van der Waals surface area contributed by atoms with Crippen molar-refractivity contribution in [2.45, 2.75) is 83.7 Å². The lowest BCUT2D eigenvalue weighted by molar-refractivity contribution is -0.138. The van der Waals surface area contributed by atoms with E-state index in [1.807, 2.05) is 0 Å². The van der Waals surface area contributed by atoms with Gasteiger partial charge in [0.25, 0.3) is 0 Å². The second kappa shape index (κ2) is 5.06. The molecule has 7 atom stereocenters. The van der Waals surface area contributed by atoms with Crippen LogP contribution in [0.4, 0.5) is 0 Å². The number of aliphatic hydroxyl groups is 1. The molecule has 22 heavy (non-hydrogen) atoms. The van der Waals surface area contributed by atoms with Gasteiger partial charge in [0, 0.05) is 12.8 Å². The van der Waals surface area contributed by atoms with Gasteiger partial charge in [0.05, 0.1) is 5.60 Å². The third-order valence-corrected chi connectivity index (χ3v) is 8.67. The fourth-order valence-electron chi connectivity index (χ4n) is 7.35. The van der Waals surface area contributed by atoms with Crippen LogP contribution in [-0.4, -0.2) is 16.5 Å². The molecule has 0 aromatic carbocycles. The van der Waals surface area contributed by atoms with Crippen molar-refractivity contribution >= 4 is 5.78 Å². The Labute approximate surface area is 135 Å². The molecule has 0 aromatic rings. The minimum Gasteiger partial charge on any atom is -0.389 e. The van der Waals surface area contributed by atoms with Crippen molar-refractivity contribution in [1.82, 2.24) is 0 Å². The molecule has 0 bridgehead atoms. The zero-order valence-corrected chi connectivity index (χ0v) is 14.3. The van der Waals surface area contributed by atoms with Gasteiger partial charge in [-0.3, -0.25) is 4.79 Å². The van der Waals surface area contributed by atoms with Gasteiger partial charge in [0.15, 0.2) is 0 Å². The van der Waals surface area contributed by atoms with E-state index in [-0.39, 0.29) is 5.41 Å².